The van der Waals surface area contributed by atoms with Crippen molar-refractivity contribution in [1.29, 1.82) is 0 Å². The largest absolute Gasteiger partial charge is 0.478 e. The minimum atomic E-state index is -1.65. The van der Waals surface area contributed by atoms with Crippen LogP contribution in [0, 0.1) is 0 Å². The number of fused-ring (bicyclic) bond motifs is 2. The third-order valence-electron chi connectivity index (χ3n) is 6.28. The second kappa shape index (κ2) is 6.61. The lowest BCUT2D eigenvalue weighted by atomic mass is 9.98. The molecule has 0 fully saturated rings. The molecule has 1 aromatic heterocycles. The van der Waals surface area contributed by atoms with Crippen LogP contribution in [0.25, 0.3) is 0 Å². The van der Waals surface area contributed by atoms with Crippen molar-refractivity contribution in [2.45, 2.75) is 63.9 Å². The Kier molecular flexibility index (Phi) is 4.15. The molecule has 0 bridgehead atoms. The number of rotatable bonds is 4. The predicted octanol–water partition coefficient (Wildman–Crippen LogP) is 3.55. The molecule has 1 atom stereocenters. The fourth-order valence-electron chi connectivity index (χ4n) is 4.66. The highest BCUT2D eigenvalue weighted by atomic mass is 16.6. The Morgan fingerprint density at radius 2 is 1.83 bits per heavy atom. The van der Waals surface area contributed by atoms with Crippen LogP contribution in [-0.2, 0) is 40.8 Å². The van der Waals surface area contributed by atoms with Gasteiger partial charge in [-0.05, 0) is 60.8 Å². The van der Waals surface area contributed by atoms with Crippen molar-refractivity contribution in [3.63, 3.8) is 0 Å². The summed E-state index contributed by atoms with van der Waals surface area (Å²) >= 11 is 0. The summed E-state index contributed by atoms with van der Waals surface area (Å²) in [4.78, 5) is 16.6. The maximum atomic E-state index is 12.2. The van der Waals surface area contributed by atoms with Gasteiger partial charge in [0.1, 0.15) is 18.0 Å². The van der Waals surface area contributed by atoms with Crippen LogP contribution in [0.1, 0.15) is 66.3 Å². The summed E-state index contributed by atoms with van der Waals surface area (Å²) in [5.74, 6) is -0.383. The fourth-order valence-corrected chi connectivity index (χ4v) is 4.66. The maximum absolute atomic E-state index is 12.2. The molecule has 7 nitrogen and oxygen atoms in total. The van der Waals surface area contributed by atoms with Crippen LogP contribution in [0.15, 0.2) is 21.6 Å². The molecule has 3 aliphatic rings. The molecule has 0 spiro atoms. The average Bonchev–Trinajstić information content (AvgIpc) is 3.46. The number of hydrogen-bond donors (Lipinski definition) is 2. The van der Waals surface area contributed by atoms with Gasteiger partial charge in [0.25, 0.3) is 11.6 Å². The van der Waals surface area contributed by atoms with E-state index in [4.69, 9.17) is 9.26 Å². The zero-order chi connectivity index (χ0) is 20.2. The fraction of sp³-hybridized carbons (Fsp3) is 0.500. The van der Waals surface area contributed by atoms with E-state index >= 15 is 0 Å². The van der Waals surface area contributed by atoms with E-state index in [1.165, 1.54) is 22.3 Å². The highest BCUT2D eigenvalue weighted by Gasteiger charge is 2.51. The van der Waals surface area contributed by atoms with Gasteiger partial charge in [0.15, 0.2) is 0 Å². The van der Waals surface area contributed by atoms with Crippen LogP contribution >= 0.6 is 0 Å². The summed E-state index contributed by atoms with van der Waals surface area (Å²) in [6.45, 7) is 3.90. The number of carbonyl (C=O) groups is 1. The number of nitrogens with one attached hydrogen (secondary N) is 1. The Balaban J connectivity index is 1.46. The molecular weight excluding hydrogens is 370 g/mol. The van der Waals surface area contributed by atoms with Gasteiger partial charge in [-0.1, -0.05) is 25.1 Å². The maximum Gasteiger partial charge on any atom is 0.356 e. The molecule has 0 radical (unpaired) electrons. The molecule has 1 aliphatic heterocycles. The van der Waals surface area contributed by atoms with E-state index in [0.29, 0.717) is 5.76 Å². The summed E-state index contributed by atoms with van der Waals surface area (Å²) in [6.07, 6.45) is 6.56. The normalized spacial score (nSPS) is 22.4. The number of aliphatic carboxylic acids is 1. The van der Waals surface area contributed by atoms with Crippen LogP contribution in [0.5, 0.6) is 0 Å². The van der Waals surface area contributed by atoms with Gasteiger partial charge in [0.05, 0.1) is 0 Å². The molecule has 0 saturated carbocycles. The molecule has 2 aliphatic carbocycles. The molecular formula is C22H25N3O4. The van der Waals surface area contributed by atoms with Crippen molar-refractivity contribution >= 4 is 17.7 Å². The van der Waals surface area contributed by atoms with Crippen molar-refractivity contribution in [2.24, 2.45) is 4.99 Å². The summed E-state index contributed by atoms with van der Waals surface area (Å²) < 4.78 is 11.3. The summed E-state index contributed by atoms with van der Waals surface area (Å²) in [6, 6.07) is 4.27. The van der Waals surface area contributed by atoms with Gasteiger partial charge in [-0.25, -0.2) is 9.79 Å². The van der Waals surface area contributed by atoms with Crippen molar-refractivity contribution in [3.8, 4) is 0 Å². The Labute approximate surface area is 169 Å². The van der Waals surface area contributed by atoms with Gasteiger partial charge < -0.3 is 19.7 Å². The molecule has 1 unspecified atom stereocenters. The highest BCUT2D eigenvalue weighted by Crippen LogP contribution is 2.40. The monoisotopic (exact) mass is 395 g/mol. The summed E-state index contributed by atoms with van der Waals surface area (Å²) in [5.41, 5.74) is 5.12. The molecule has 0 amide bonds. The SMILES string of the molecule is CC(C)c1cc(C2(C(=O)O)CN=C(Nc3c4c(cc5c3CCC5)CCC4)O2)no1. The highest BCUT2D eigenvalue weighted by molar-refractivity contribution is 5.96. The first-order chi connectivity index (χ1) is 14.0. The van der Waals surface area contributed by atoms with Crippen molar-refractivity contribution in [2.75, 3.05) is 11.9 Å². The zero-order valence-electron chi connectivity index (χ0n) is 16.7. The van der Waals surface area contributed by atoms with Gasteiger partial charge in [-0.15, -0.1) is 0 Å². The average molecular weight is 395 g/mol. The van der Waals surface area contributed by atoms with Gasteiger partial charge in [-0.3, -0.25) is 0 Å². The molecule has 152 valence electrons. The van der Waals surface area contributed by atoms with E-state index in [-0.39, 0.29) is 24.2 Å². The minimum absolute atomic E-state index is 0.0358. The Hall–Kier alpha value is -2.83. The number of amidine groups is 1. The van der Waals surface area contributed by atoms with Gasteiger partial charge >= 0.3 is 5.97 Å². The van der Waals surface area contributed by atoms with Crippen LogP contribution in [0.4, 0.5) is 5.69 Å². The van der Waals surface area contributed by atoms with Gasteiger partial charge in [0, 0.05) is 17.7 Å². The lowest BCUT2D eigenvalue weighted by molar-refractivity contribution is -0.155. The van der Waals surface area contributed by atoms with Crippen LogP contribution in [-0.4, -0.2) is 28.8 Å². The van der Waals surface area contributed by atoms with Crippen LogP contribution < -0.4 is 5.32 Å². The first kappa shape index (κ1) is 18.2. The number of aryl methyl sites for hydroxylation is 2. The van der Waals surface area contributed by atoms with E-state index in [0.717, 1.165) is 44.2 Å². The number of aromatic nitrogens is 1. The number of carboxylic acid groups (broad SMARTS) is 1. The number of benzene rings is 1. The van der Waals surface area contributed by atoms with Gasteiger partial charge in [-0.2, -0.15) is 0 Å². The lowest BCUT2D eigenvalue weighted by Crippen LogP contribution is -2.40. The van der Waals surface area contributed by atoms with E-state index < -0.39 is 11.6 Å². The molecule has 2 N–H and O–H groups in total. The number of anilines is 1. The smallest absolute Gasteiger partial charge is 0.356 e. The zero-order valence-corrected chi connectivity index (χ0v) is 16.7. The third-order valence-corrected chi connectivity index (χ3v) is 6.28. The van der Waals surface area contributed by atoms with Gasteiger partial charge in [0.2, 0.25) is 0 Å². The molecule has 2 aromatic rings. The molecule has 0 saturated heterocycles. The van der Waals surface area contributed by atoms with E-state index in [2.05, 4.69) is 21.5 Å². The third kappa shape index (κ3) is 2.82. The lowest BCUT2D eigenvalue weighted by Gasteiger charge is -2.22. The molecule has 2 heterocycles. The molecule has 7 heteroatoms. The Bertz CT molecular complexity index is 991. The van der Waals surface area contributed by atoms with E-state index in [9.17, 15) is 9.90 Å². The Morgan fingerprint density at radius 3 is 2.41 bits per heavy atom. The minimum Gasteiger partial charge on any atom is -0.478 e. The number of ether oxygens (including phenoxy) is 1. The topological polar surface area (TPSA) is 97.0 Å². The second-order valence-corrected chi connectivity index (χ2v) is 8.48. The number of hydrogen-bond acceptors (Lipinski definition) is 6. The second-order valence-electron chi connectivity index (χ2n) is 8.48. The number of aliphatic imine (C=N–C) groups is 1. The molecule has 29 heavy (non-hydrogen) atoms. The van der Waals surface area contributed by atoms with Crippen molar-refractivity contribution < 1.29 is 19.2 Å². The van der Waals surface area contributed by atoms with Crippen molar-refractivity contribution in [3.05, 3.63) is 45.8 Å². The Morgan fingerprint density at radius 1 is 1.14 bits per heavy atom. The first-order valence-corrected chi connectivity index (χ1v) is 10.4. The standard InChI is InChI=1S/C22H25N3O4/c1-12(2)17-10-18(25-29-17)22(20(26)27)11-23-21(28-22)24-19-15-7-3-5-13(15)9-14-6-4-8-16(14)19/h9-10,12H,3-8,11H2,1-2H3,(H,23,24)(H,26,27). The molecule has 1 aromatic carbocycles. The quantitative estimate of drug-likeness (QED) is 0.822. The predicted molar refractivity (Wildman–Crippen MR) is 107 cm³/mol. The van der Waals surface area contributed by atoms with E-state index in [1.54, 1.807) is 6.07 Å². The van der Waals surface area contributed by atoms with Crippen LogP contribution in [0.3, 0.4) is 0 Å². The van der Waals surface area contributed by atoms with Crippen molar-refractivity contribution in [1.82, 2.24) is 5.16 Å². The summed E-state index contributed by atoms with van der Waals surface area (Å²) in [5, 5.41) is 17.3. The first-order valence-electron chi connectivity index (χ1n) is 10.4. The van der Waals surface area contributed by atoms with E-state index in [1.807, 2.05) is 13.8 Å². The van der Waals surface area contributed by atoms with Crippen LogP contribution in [0.2, 0.25) is 0 Å². The summed E-state index contributed by atoms with van der Waals surface area (Å²) in [7, 11) is 0. The number of carboxylic acids is 1. The number of nitrogens with zero attached hydrogens (tertiary/aromatic N) is 2. The molecule has 5 rings (SSSR count).